The third-order valence-electron chi connectivity index (χ3n) is 2.64. The van der Waals surface area contributed by atoms with Gasteiger partial charge in [-0.05, 0) is 38.0 Å². The molecule has 1 aromatic carbocycles. The maximum Gasteiger partial charge on any atom is 0.407 e. The molecule has 7 nitrogen and oxygen atoms in total. The van der Waals surface area contributed by atoms with Crippen molar-refractivity contribution in [3.05, 3.63) is 29.8 Å². The molecule has 2 rings (SSSR count). The smallest absolute Gasteiger partial charge is 0.407 e. The van der Waals surface area contributed by atoms with Gasteiger partial charge in [-0.2, -0.15) is 5.21 Å². The molecule has 2 N–H and O–H groups in total. The molecule has 0 aliphatic rings. The Labute approximate surface area is 123 Å². The highest BCUT2D eigenvalue weighted by atomic mass is 16.6. The van der Waals surface area contributed by atoms with E-state index in [1.165, 1.54) is 0 Å². The fourth-order valence-corrected chi connectivity index (χ4v) is 1.73. The molecule has 0 aliphatic carbocycles. The summed E-state index contributed by atoms with van der Waals surface area (Å²) >= 11 is 0. The zero-order valence-electron chi connectivity index (χ0n) is 12.4. The molecule has 0 radical (unpaired) electrons. The second-order valence-electron chi connectivity index (χ2n) is 5.61. The fraction of sp³-hybridized carbons (Fsp3) is 0.429. The minimum atomic E-state index is -0.476. The summed E-state index contributed by atoms with van der Waals surface area (Å²) in [6, 6.07) is 7.80. The SMILES string of the molecule is CC(C)(C)OC(=O)NCCc1ccc(-c2nn[nH]n2)cc1. The number of amides is 1. The number of aromatic amines is 1. The van der Waals surface area contributed by atoms with Crippen LogP contribution in [0.4, 0.5) is 4.79 Å². The van der Waals surface area contributed by atoms with Crippen molar-refractivity contribution >= 4 is 6.09 Å². The molecule has 21 heavy (non-hydrogen) atoms. The fourth-order valence-electron chi connectivity index (χ4n) is 1.73. The highest BCUT2D eigenvalue weighted by Crippen LogP contribution is 2.14. The molecule has 0 aliphatic heterocycles. The Morgan fingerprint density at radius 2 is 2.00 bits per heavy atom. The van der Waals surface area contributed by atoms with Crippen molar-refractivity contribution in [2.75, 3.05) is 6.54 Å². The number of carbonyl (C=O) groups is 1. The Kier molecular flexibility index (Phi) is 4.52. The molecule has 0 atom stereocenters. The second-order valence-corrected chi connectivity index (χ2v) is 5.61. The molecular weight excluding hydrogens is 270 g/mol. The van der Waals surface area contributed by atoms with E-state index in [-0.39, 0.29) is 0 Å². The monoisotopic (exact) mass is 289 g/mol. The zero-order valence-corrected chi connectivity index (χ0v) is 12.4. The molecule has 7 heteroatoms. The zero-order chi connectivity index (χ0) is 15.3. The summed E-state index contributed by atoms with van der Waals surface area (Å²) in [7, 11) is 0. The Hall–Kier alpha value is -2.44. The van der Waals surface area contributed by atoms with Gasteiger partial charge in [-0.15, -0.1) is 10.2 Å². The summed E-state index contributed by atoms with van der Waals surface area (Å²) < 4.78 is 5.17. The number of ether oxygens (including phenoxy) is 1. The summed E-state index contributed by atoms with van der Waals surface area (Å²) in [5, 5.41) is 16.5. The lowest BCUT2D eigenvalue weighted by Gasteiger charge is -2.19. The lowest BCUT2D eigenvalue weighted by Crippen LogP contribution is -2.33. The topological polar surface area (TPSA) is 92.8 Å². The molecule has 0 bridgehead atoms. The molecule has 0 fully saturated rings. The molecule has 0 saturated carbocycles. The van der Waals surface area contributed by atoms with Crippen LogP contribution in [0.25, 0.3) is 11.4 Å². The van der Waals surface area contributed by atoms with Gasteiger partial charge in [0.05, 0.1) is 0 Å². The van der Waals surface area contributed by atoms with Gasteiger partial charge in [0.1, 0.15) is 5.60 Å². The first-order valence-electron chi connectivity index (χ1n) is 6.74. The normalized spacial score (nSPS) is 11.2. The molecule has 0 unspecified atom stereocenters. The molecule has 2 aromatic rings. The van der Waals surface area contributed by atoms with Crippen LogP contribution in [0.2, 0.25) is 0 Å². The number of hydrogen-bond acceptors (Lipinski definition) is 5. The van der Waals surface area contributed by atoms with Crippen LogP contribution in [0, 0.1) is 0 Å². The predicted molar refractivity (Wildman–Crippen MR) is 77.6 cm³/mol. The van der Waals surface area contributed by atoms with Gasteiger partial charge in [0.25, 0.3) is 0 Å². The Morgan fingerprint density at radius 3 is 2.57 bits per heavy atom. The van der Waals surface area contributed by atoms with Crippen LogP contribution in [0.15, 0.2) is 24.3 Å². The Bertz CT molecular complexity index is 572. The number of H-pyrrole nitrogens is 1. The first-order chi connectivity index (χ1) is 9.94. The minimum absolute atomic E-state index is 0.397. The third-order valence-corrected chi connectivity index (χ3v) is 2.64. The van der Waals surface area contributed by atoms with E-state index in [2.05, 4.69) is 25.9 Å². The molecule has 1 aromatic heterocycles. The molecule has 112 valence electrons. The number of aromatic nitrogens is 4. The lowest BCUT2D eigenvalue weighted by molar-refractivity contribution is 0.0528. The molecule has 0 saturated heterocycles. The Balaban J connectivity index is 1.80. The number of tetrazole rings is 1. The van der Waals surface area contributed by atoms with E-state index in [4.69, 9.17) is 4.74 Å². The van der Waals surface area contributed by atoms with Crippen molar-refractivity contribution in [2.24, 2.45) is 0 Å². The van der Waals surface area contributed by atoms with E-state index in [1.54, 1.807) is 0 Å². The van der Waals surface area contributed by atoms with Crippen LogP contribution in [-0.4, -0.2) is 38.9 Å². The quantitative estimate of drug-likeness (QED) is 0.897. The van der Waals surface area contributed by atoms with Gasteiger partial charge in [0.15, 0.2) is 0 Å². The van der Waals surface area contributed by atoms with E-state index >= 15 is 0 Å². The second kappa shape index (κ2) is 6.34. The maximum atomic E-state index is 11.5. The van der Waals surface area contributed by atoms with Gasteiger partial charge in [-0.25, -0.2) is 4.79 Å². The van der Waals surface area contributed by atoms with Crippen molar-refractivity contribution in [3.8, 4) is 11.4 Å². The van der Waals surface area contributed by atoms with E-state index in [1.807, 2.05) is 45.0 Å². The van der Waals surface area contributed by atoms with Crippen molar-refractivity contribution in [3.63, 3.8) is 0 Å². The standard InChI is InChI=1S/C14H19N5O2/c1-14(2,3)21-13(20)15-9-8-10-4-6-11(7-5-10)12-16-18-19-17-12/h4-7H,8-9H2,1-3H3,(H,15,20)(H,16,17,18,19). The summed E-state index contributed by atoms with van der Waals surface area (Å²) in [6.45, 7) is 6.03. The van der Waals surface area contributed by atoms with E-state index in [0.717, 1.165) is 17.5 Å². The molecule has 1 heterocycles. The largest absolute Gasteiger partial charge is 0.444 e. The number of benzene rings is 1. The summed E-state index contributed by atoms with van der Waals surface area (Å²) in [5.41, 5.74) is 1.53. The third kappa shape index (κ3) is 4.87. The van der Waals surface area contributed by atoms with Crippen LogP contribution >= 0.6 is 0 Å². The number of rotatable bonds is 4. The Morgan fingerprint density at radius 1 is 1.29 bits per heavy atom. The van der Waals surface area contributed by atoms with Crippen LogP contribution in [0.3, 0.4) is 0 Å². The number of hydrogen-bond donors (Lipinski definition) is 2. The van der Waals surface area contributed by atoms with Gasteiger partial charge in [0.2, 0.25) is 5.82 Å². The maximum absolute atomic E-state index is 11.5. The average molecular weight is 289 g/mol. The van der Waals surface area contributed by atoms with Crippen LogP contribution < -0.4 is 5.32 Å². The van der Waals surface area contributed by atoms with E-state index in [0.29, 0.717) is 12.4 Å². The summed E-state index contributed by atoms with van der Waals surface area (Å²) in [6.07, 6.45) is 0.331. The number of alkyl carbamates (subject to hydrolysis) is 1. The van der Waals surface area contributed by atoms with E-state index in [9.17, 15) is 4.79 Å². The van der Waals surface area contributed by atoms with Crippen molar-refractivity contribution < 1.29 is 9.53 Å². The minimum Gasteiger partial charge on any atom is -0.444 e. The number of carbonyl (C=O) groups excluding carboxylic acids is 1. The van der Waals surface area contributed by atoms with Crippen LogP contribution in [0.5, 0.6) is 0 Å². The summed E-state index contributed by atoms with van der Waals surface area (Å²) in [5.74, 6) is 0.563. The van der Waals surface area contributed by atoms with E-state index < -0.39 is 11.7 Å². The van der Waals surface area contributed by atoms with Crippen molar-refractivity contribution in [2.45, 2.75) is 32.8 Å². The molecule has 0 spiro atoms. The van der Waals surface area contributed by atoms with Crippen molar-refractivity contribution in [1.29, 1.82) is 0 Å². The van der Waals surface area contributed by atoms with Crippen molar-refractivity contribution in [1.82, 2.24) is 25.9 Å². The van der Waals surface area contributed by atoms with Gasteiger partial charge in [0, 0.05) is 12.1 Å². The highest BCUT2D eigenvalue weighted by molar-refractivity contribution is 5.67. The van der Waals surface area contributed by atoms with Gasteiger partial charge < -0.3 is 10.1 Å². The lowest BCUT2D eigenvalue weighted by atomic mass is 10.1. The first-order valence-corrected chi connectivity index (χ1v) is 6.74. The van der Waals surface area contributed by atoms with Crippen LogP contribution in [-0.2, 0) is 11.2 Å². The highest BCUT2D eigenvalue weighted by Gasteiger charge is 2.15. The number of nitrogens with zero attached hydrogens (tertiary/aromatic N) is 3. The first kappa shape index (κ1) is 15.0. The van der Waals surface area contributed by atoms with Gasteiger partial charge in [-0.3, -0.25) is 0 Å². The van der Waals surface area contributed by atoms with Gasteiger partial charge >= 0.3 is 6.09 Å². The number of nitrogens with one attached hydrogen (secondary N) is 2. The summed E-state index contributed by atoms with van der Waals surface area (Å²) in [4.78, 5) is 11.5. The van der Waals surface area contributed by atoms with Gasteiger partial charge in [-0.1, -0.05) is 24.3 Å². The van der Waals surface area contributed by atoms with Crippen LogP contribution in [0.1, 0.15) is 26.3 Å². The average Bonchev–Trinajstić information content (AvgIpc) is 2.91. The predicted octanol–water partition coefficient (Wildman–Crippen LogP) is 1.93. The molecule has 1 amide bonds. The molecular formula is C14H19N5O2.